The number of tetrazole rings is 1. The molecule has 0 aliphatic heterocycles. The van der Waals surface area contributed by atoms with Crippen LogP contribution in [0.3, 0.4) is 0 Å². The van der Waals surface area contributed by atoms with Crippen LogP contribution in [0.25, 0.3) is 5.69 Å². The van der Waals surface area contributed by atoms with Crippen molar-refractivity contribution in [1.82, 2.24) is 25.5 Å². The molecule has 128 valence electrons. The van der Waals surface area contributed by atoms with Crippen molar-refractivity contribution in [2.45, 2.75) is 38.2 Å². The van der Waals surface area contributed by atoms with Gasteiger partial charge in [0.25, 0.3) is 5.91 Å². The van der Waals surface area contributed by atoms with Gasteiger partial charge in [-0.1, -0.05) is 11.2 Å². The summed E-state index contributed by atoms with van der Waals surface area (Å²) < 4.78 is 26.7. The molecular weight excluding hydrogens is 318 g/mol. The van der Waals surface area contributed by atoms with Crippen LogP contribution in [0.5, 0.6) is 0 Å². The van der Waals surface area contributed by atoms with Gasteiger partial charge in [0.2, 0.25) is 12.4 Å². The molecule has 1 fully saturated rings. The van der Waals surface area contributed by atoms with Gasteiger partial charge in [-0.3, -0.25) is 4.79 Å². The number of nitrogens with two attached hydrogens (primary N) is 1. The van der Waals surface area contributed by atoms with E-state index in [2.05, 4.69) is 20.8 Å². The van der Waals surface area contributed by atoms with Crippen LogP contribution in [0.1, 0.15) is 36.0 Å². The molecule has 0 unspecified atom stereocenters. The number of nitrogens with zero attached hydrogens (tertiary/aromatic N) is 4. The summed E-state index contributed by atoms with van der Waals surface area (Å²) in [6.07, 6.45) is -0.269. The van der Waals surface area contributed by atoms with Crippen LogP contribution in [-0.2, 0) is 0 Å². The SMILES string of the molecule is Nc1nnnn1-c1cccc(C(=O)NC2CCC(C(F)F)CC2)c1. The summed E-state index contributed by atoms with van der Waals surface area (Å²) in [7, 11) is 0. The van der Waals surface area contributed by atoms with E-state index >= 15 is 0 Å². The van der Waals surface area contributed by atoms with E-state index < -0.39 is 12.3 Å². The Morgan fingerprint density at radius 2 is 2.04 bits per heavy atom. The second-order valence-corrected chi connectivity index (χ2v) is 5.92. The predicted octanol–water partition coefficient (Wildman–Crippen LogP) is 1.80. The van der Waals surface area contributed by atoms with Crippen LogP contribution in [0.2, 0.25) is 0 Å². The molecule has 1 saturated carbocycles. The maximum atomic E-state index is 12.7. The first-order valence-electron chi connectivity index (χ1n) is 7.78. The topological polar surface area (TPSA) is 98.7 Å². The summed E-state index contributed by atoms with van der Waals surface area (Å²) in [4.78, 5) is 12.4. The highest BCUT2D eigenvalue weighted by Crippen LogP contribution is 2.29. The largest absolute Gasteiger partial charge is 0.366 e. The number of amides is 1. The number of carbonyl (C=O) groups is 1. The maximum absolute atomic E-state index is 12.7. The molecule has 0 bridgehead atoms. The van der Waals surface area contributed by atoms with E-state index in [1.54, 1.807) is 24.3 Å². The summed E-state index contributed by atoms with van der Waals surface area (Å²) in [6, 6.07) is 6.67. The van der Waals surface area contributed by atoms with E-state index in [1.807, 2.05) is 0 Å². The number of hydrogen-bond donors (Lipinski definition) is 2. The number of hydrogen-bond acceptors (Lipinski definition) is 5. The van der Waals surface area contributed by atoms with Crippen molar-refractivity contribution in [2.24, 2.45) is 5.92 Å². The minimum absolute atomic E-state index is 0.0748. The zero-order valence-electron chi connectivity index (χ0n) is 12.9. The van der Waals surface area contributed by atoms with Crippen LogP contribution in [0.15, 0.2) is 24.3 Å². The molecule has 0 radical (unpaired) electrons. The first-order valence-corrected chi connectivity index (χ1v) is 7.78. The summed E-state index contributed by atoms with van der Waals surface area (Å²) in [5, 5.41) is 13.7. The average molecular weight is 336 g/mol. The van der Waals surface area contributed by atoms with Crippen LogP contribution < -0.4 is 11.1 Å². The number of benzene rings is 1. The lowest BCUT2D eigenvalue weighted by Crippen LogP contribution is -2.38. The van der Waals surface area contributed by atoms with Gasteiger partial charge < -0.3 is 11.1 Å². The van der Waals surface area contributed by atoms with Crippen molar-refractivity contribution in [2.75, 3.05) is 5.73 Å². The van der Waals surface area contributed by atoms with Crippen LogP contribution in [-0.4, -0.2) is 38.6 Å². The van der Waals surface area contributed by atoms with E-state index in [9.17, 15) is 13.6 Å². The van der Waals surface area contributed by atoms with Gasteiger partial charge in [-0.15, -0.1) is 0 Å². The van der Waals surface area contributed by atoms with Crippen LogP contribution >= 0.6 is 0 Å². The van der Waals surface area contributed by atoms with Crippen molar-refractivity contribution in [1.29, 1.82) is 0 Å². The molecule has 7 nitrogen and oxygen atoms in total. The average Bonchev–Trinajstić information content (AvgIpc) is 3.01. The normalized spacial score (nSPS) is 21.0. The highest BCUT2D eigenvalue weighted by molar-refractivity contribution is 5.94. The molecule has 0 saturated heterocycles. The molecule has 0 spiro atoms. The van der Waals surface area contributed by atoms with Gasteiger partial charge in [-0.25, -0.2) is 8.78 Å². The molecule has 1 aliphatic carbocycles. The third-order valence-corrected chi connectivity index (χ3v) is 4.31. The third kappa shape index (κ3) is 3.50. The van der Waals surface area contributed by atoms with Gasteiger partial charge in [0.05, 0.1) is 5.69 Å². The summed E-state index contributed by atoms with van der Waals surface area (Å²) in [6.45, 7) is 0. The zero-order valence-corrected chi connectivity index (χ0v) is 12.9. The molecule has 1 aromatic carbocycles. The van der Waals surface area contributed by atoms with Gasteiger partial charge in [-0.2, -0.15) is 4.68 Å². The number of rotatable bonds is 4. The molecule has 3 rings (SSSR count). The van der Waals surface area contributed by atoms with Crippen LogP contribution in [0, 0.1) is 5.92 Å². The maximum Gasteiger partial charge on any atom is 0.251 e. The van der Waals surface area contributed by atoms with E-state index in [0.29, 0.717) is 36.9 Å². The Bertz CT molecular complexity index is 711. The number of halogens is 2. The highest BCUT2D eigenvalue weighted by atomic mass is 19.3. The van der Waals surface area contributed by atoms with Gasteiger partial charge in [0.1, 0.15) is 0 Å². The minimum Gasteiger partial charge on any atom is -0.366 e. The van der Waals surface area contributed by atoms with E-state index in [-0.39, 0.29) is 17.9 Å². The van der Waals surface area contributed by atoms with Gasteiger partial charge in [-0.05, 0) is 54.3 Å². The summed E-state index contributed by atoms with van der Waals surface area (Å²) in [5.74, 6) is -0.675. The number of carbonyl (C=O) groups excluding carboxylic acids is 1. The Hall–Kier alpha value is -2.58. The minimum atomic E-state index is -2.28. The molecule has 24 heavy (non-hydrogen) atoms. The lowest BCUT2D eigenvalue weighted by Gasteiger charge is -2.28. The van der Waals surface area contributed by atoms with E-state index in [0.717, 1.165) is 0 Å². The fourth-order valence-corrected chi connectivity index (χ4v) is 2.94. The first-order chi connectivity index (χ1) is 11.5. The number of anilines is 1. The fourth-order valence-electron chi connectivity index (χ4n) is 2.94. The molecular formula is C15H18F2N6O. The van der Waals surface area contributed by atoms with Crippen LogP contribution in [0.4, 0.5) is 14.7 Å². The lowest BCUT2D eigenvalue weighted by molar-refractivity contribution is 0.0499. The Labute approximate surface area is 137 Å². The highest BCUT2D eigenvalue weighted by Gasteiger charge is 2.28. The standard InChI is InChI=1S/C15H18F2N6O/c16-13(17)9-4-6-11(7-5-9)19-14(24)10-2-1-3-12(8-10)23-15(18)20-21-22-23/h1-3,8-9,11,13H,4-7H2,(H,19,24)(H2,18,20,22). The second kappa shape index (κ2) is 6.90. The Morgan fingerprint density at radius 1 is 1.29 bits per heavy atom. The number of nitrogens with one attached hydrogen (secondary N) is 1. The number of nitrogen functional groups attached to an aromatic ring is 1. The van der Waals surface area contributed by atoms with Gasteiger partial charge in [0, 0.05) is 17.5 Å². The van der Waals surface area contributed by atoms with Crippen molar-refractivity contribution in [3.05, 3.63) is 29.8 Å². The molecule has 1 amide bonds. The zero-order chi connectivity index (χ0) is 17.1. The quantitative estimate of drug-likeness (QED) is 0.887. The van der Waals surface area contributed by atoms with Crippen molar-refractivity contribution in [3.63, 3.8) is 0 Å². The number of alkyl halides is 2. The van der Waals surface area contributed by atoms with E-state index in [1.165, 1.54) is 4.68 Å². The second-order valence-electron chi connectivity index (χ2n) is 5.92. The van der Waals surface area contributed by atoms with Crippen molar-refractivity contribution >= 4 is 11.9 Å². The Morgan fingerprint density at radius 3 is 2.67 bits per heavy atom. The molecule has 1 aliphatic rings. The number of aromatic nitrogens is 4. The van der Waals surface area contributed by atoms with E-state index in [4.69, 9.17) is 5.73 Å². The molecule has 2 aromatic rings. The molecule has 9 heteroatoms. The molecule has 1 aromatic heterocycles. The van der Waals surface area contributed by atoms with Gasteiger partial charge in [0.15, 0.2) is 0 Å². The third-order valence-electron chi connectivity index (χ3n) is 4.31. The smallest absolute Gasteiger partial charge is 0.251 e. The Kier molecular flexibility index (Phi) is 4.68. The van der Waals surface area contributed by atoms with Gasteiger partial charge >= 0.3 is 0 Å². The fraction of sp³-hybridized carbons (Fsp3) is 0.467. The monoisotopic (exact) mass is 336 g/mol. The summed E-state index contributed by atoms with van der Waals surface area (Å²) >= 11 is 0. The van der Waals surface area contributed by atoms with Crippen molar-refractivity contribution < 1.29 is 13.6 Å². The predicted molar refractivity (Wildman–Crippen MR) is 82.8 cm³/mol. The first kappa shape index (κ1) is 16.3. The molecule has 3 N–H and O–H groups in total. The Balaban J connectivity index is 1.65. The molecule has 1 heterocycles. The lowest BCUT2D eigenvalue weighted by atomic mass is 9.86. The summed E-state index contributed by atoms with van der Waals surface area (Å²) in [5.41, 5.74) is 6.67. The van der Waals surface area contributed by atoms with Crippen molar-refractivity contribution in [3.8, 4) is 5.69 Å². The molecule has 0 atom stereocenters.